The number of anilines is 1. The van der Waals surface area contributed by atoms with Crippen molar-refractivity contribution in [3.63, 3.8) is 0 Å². The Balaban J connectivity index is 1.21. The lowest BCUT2D eigenvalue weighted by atomic mass is 10.1. The summed E-state index contributed by atoms with van der Waals surface area (Å²) in [6, 6.07) is 19.9. The Morgan fingerprint density at radius 3 is 2.33 bits per heavy atom. The Bertz CT molecular complexity index is 1500. The number of ether oxygens (including phenoxy) is 3. The molecule has 2 aromatic carbocycles. The maximum Gasteiger partial charge on any atom is 0.254 e. The van der Waals surface area contributed by atoms with Crippen LogP contribution >= 0.6 is 0 Å². The van der Waals surface area contributed by atoms with Crippen LogP contribution in [0.2, 0.25) is 0 Å². The largest absolute Gasteiger partial charge is 0.497 e. The predicted octanol–water partition coefficient (Wildman–Crippen LogP) is 3.75. The number of aromatic nitrogens is 2. The van der Waals surface area contributed by atoms with Gasteiger partial charge in [-0.1, -0.05) is 6.07 Å². The molecule has 1 aliphatic heterocycles. The molecule has 1 saturated heterocycles. The summed E-state index contributed by atoms with van der Waals surface area (Å²) in [5.41, 5.74) is 2.02. The van der Waals surface area contributed by atoms with E-state index >= 15 is 0 Å². The molecular formula is C31H33N5O6. The third-order valence-electron chi connectivity index (χ3n) is 7.14. The first-order valence-electron chi connectivity index (χ1n) is 13.5. The van der Waals surface area contributed by atoms with E-state index in [0.29, 0.717) is 60.4 Å². The second-order valence-electron chi connectivity index (χ2n) is 9.69. The molecule has 0 N–H and O–H groups in total. The minimum Gasteiger partial charge on any atom is -0.497 e. The van der Waals surface area contributed by atoms with Gasteiger partial charge in [0.25, 0.3) is 5.91 Å². The van der Waals surface area contributed by atoms with E-state index < -0.39 is 0 Å². The van der Waals surface area contributed by atoms with E-state index in [1.54, 1.807) is 68.9 Å². The van der Waals surface area contributed by atoms with Gasteiger partial charge >= 0.3 is 0 Å². The number of methoxy groups -OCH3 is 3. The predicted molar refractivity (Wildman–Crippen MR) is 156 cm³/mol. The number of nitrogens with zero attached hydrogens (tertiary/aromatic N) is 5. The monoisotopic (exact) mass is 571 g/mol. The van der Waals surface area contributed by atoms with Crippen LogP contribution in [-0.4, -0.2) is 85.9 Å². The summed E-state index contributed by atoms with van der Waals surface area (Å²) in [5, 5.41) is 8.85. The van der Waals surface area contributed by atoms with E-state index in [1.165, 1.54) is 4.90 Å². The number of carbonyl (C=O) groups excluding carboxylic acids is 2. The number of amides is 2. The molecule has 0 spiro atoms. The average molecular weight is 572 g/mol. The van der Waals surface area contributed by atoms with E-state index in [0.717, 1.165) is 11.4 Å². The van der Waals surface area contributed by atoms with Crippen molar-refractivity contribution in [2.75, 3.05) is 59.0 Å². The first-order valence-corrected chi connectivity index (χ1v) is 13.5. The SMILES string of the molecule is COc1cccc(C(=O)N(CC(=O)N2CCN(c3ccc(-c4ccc(OC)c(OC)c4)nn3)CC2)Cc2ccco2)c1. The minimum atomic E-state index is -0.276. The van der Waals surface area contributed by atoms with Crippen LogP contribution in [0.3, 0.4) is 0 Å². The van der Waals surface area contributed by atoms with Crippen molar-refractivity contribution in [3.8, 4) is 28.5 Å². The average Bonchev–Trinajstić information content (AvgIpc) is 3.57. The molecule has 2 amide bonds. The number of furan rings is 1. The highest BCUT2D eigenvalue weighted by Gasteiger charge is 2.27. The summed E-state index contributed by atoms with van der Waals surface area (Å²) in [6.07, 6.45) is 1.55. The van der Waals surface area contributed by atoms with Gasteiger partial charge in [0.15, 0.2) is 17.3 Å². The van der Waals surface area contributed by atoms with E-state index in [9.17, 15) is 9.59 Å². The maximum atomic E-state index is 13.4. The van der Waals surface area contributed by atoms with Crippen LogP contribution in [0.1, 0.15) is 16.1 Å². The van der Waals surface area contributed by atoms with Crippen molar-refractivity contribution in [3.05, 3.63) is 84.3 Å². The maximum absolute atomic E-state index is 13.4. The summed E-state index contributed by atoms with van der Waals surface area (Å²) in [7, 11) is 4.74. The van der Waals surface area contributed by atoms with Gasteiger partial charge in [0.2, 0.25) is 5.91 Å². The van der Waals surface area contributed by atoms with Crippen LogP contribution in [0.25, 0.3) is 11.3 Å². The zero-order valence-corrected chi connectivity index (χ0v) is 23.9. The summed E-state index contributed by atoms with van der Waals surface area (Å²) < 4.78 is 21.4. The highest BCUT2D eigenvalue weighted by atomic mass is 16.5. The summed E-state index contributed by atoms with van der Waals surface area (Å²) in [4.78, 5) is 32.1. The fourth-order valence-corrected chi connectivity index (χ4v) is 4.82. The van der Waals surface area contributed by atoms with Gasteiger partial charge in [-0.05, 0) is 60.7 Å². The van der Waals surface area contributed by atoms with Gasteiger partial charge in [-0.25, -0.2) is 0 Å². The van der Waals surface area contributed by atoms with Gasteiger partial charge in [0.05, 0.1) is 39.8 Å². The van der Waals surface area contributed by atoms with Crippen LogP contribution in [0.4, 0.5) is 5.82 Å². The molecule has 0 radical (unpaired) electrons. The van der Waals surface area contributed by atoms with Gasteiger partial charge in [-0.2, -0.15) is 0 Å². The molecule has 3 heterocycles. The topological polar surface area (TPSA) is 110 Å². The highest BCUT2D eigenvalue weighted by molar-refractivity contribution is 5.96. The Hall–Kier alpha value is -5.06. The van der Waals surface area contributed by atoms with Crippen LogP contribution in [0.5, 0.6) is 17.2 Å². The molecule has 2 aromatic heterocycles. The molecule has 11 nitrogen and oxygen atoms in total. The Morgan fingerprint density at radius 1 is 0.857 bits per heavy atom. The molecule has 4 aromatic rings. The molecule has 1 aliphatic rings. The molecule has 42 heavy (non-hydrogen) atoms. The molecule has 1 fully saturated rings. The zero-order chi connectivity index (χ0) is 29.5. The van der Waals surface area contributed by atoms with Crippen molar-refractivity contribution in [2.24, 2.45) is 0 Å². The summed E-state index contributed by atoms with van der Waals surface area (Å²) in [5.74, 6) is 2.76. The Morgan fingerprint density at radius 2 is 1.67 bits per heavy atom. The minimum absolute atomic E-state index is 0.0728. The number of piperazine rings is 1. The number of hydrogen-bond donors (Lipinski definition) is 0. The second kappa shape index (κ2) is 13.1. The van der Waals surface area contributed by atoms with Crippen LogP contribution in [0, 0.1) is 0 Å². The summed E-state index contributed by atoms with van der Waals surface area (Å²) in [6.45, 7) is 2.30. The zero-order valence-electron chi connectivity index (χ0n) is 23.9. The van der Waals surface area contributed by atoms with Crippen molar-refractivity contribution in [1.82, 2.24) is 20.0 Å². The van der Waals surface area contributed by atoms with Crippen LogP contribution < -0.4 is 19.1 Å². The second-order valence-corrected chi connectivity index (χ2v) is 9.69. The van der Waals surface area contributed by atoms with Crippen molar-refractivity contribution >= 4 is 17.6 Å². The molecule has 0 atom stereocenters. The molecule has 0 bridgehead atoms. The van der Waals surface area contributed by atoms with Crippen LogP contribution in [0.15, 0.2) is 77.4 Å². The van der Waals surface area contributed by atoms with Gasteiger partial charge in [-0.15, -0.1) is 10.2 Å². The van der Waals surface area contributed by atoms with E-state index in [2.05, 4.69) is 15.1 Å². The van der Waals surface area contributed by atoms with Gasteiger partial charge in [-0.3, -0.25) is 9.59 Å². The number of hydrogen-bond acceptors (Lipinski definition) is 9. The number of rotatable bonds is 10. The molecule has 218 valence electrons. The van der Waals surface area contributed by atoms with Gasteiger partial charge < -0.3 is 33.3 Å². The standard InChI is InChI=1S/C31H33N5O6/c1-39-24-7-4-6-23(18-24)31(38)36(20-25-8-5-17-42-25)21-30(37)35-15-13-34(14-16-35)29-12-10-26(32-33-29)22-9-11-27(40-2)28(19-22)41-3/h4-12,17-19H,13-16,20-21H2,1-3H3. The van der Waals surface area contributed by atoms with Crippen molar-refractivity contribution in [2.45, 2.75) is 6.54 Å². The smallest absolute Gasteiger partial charge is 0.254 e. The lowest BCUT2D eigenvalue weighted by molar-refractivity contribution is -0.132. The summed E-state index contributed by atoms with van der Waals surface area (Å²) >= 11 is 0. The number of carbonyl (C=O) groups is 2. The molecular weight excluding hydrogens is 538 g/mol. The molecule has 0 aliphatic carbocycles. The van der Waals surface area contributed by atoms with E-state index in [-0.39, 0.29) is 24.9 Å². The van der Waals surface area contributed by atoms with Gasteiger partial charge in [0.1, 0.15) is 18.1 Å². The van der Waals surface area contributed by atoms with E-state index in [1.807, 2.05) is 30.3 Å². The first-order chi connectivity index (χ1) is 20.5. The van der Waals surface area contributed by atoms with Crippen molar-refractivity contribution < 1.29 is 28.2 Å². The molecule has 11 heteroatoms. The fourth-order valence-electron chi connectivity index (χ4n) is 4.82. The molecule has 0 unspecified atom stereocenters. The third-order valence-corrected chi connectivity index (χ3v) is 7.14. The number of benzene rings is 2. The Labute approximate surface area is 244 Å². The fraction of sp³-hybridized carbons (Fsp3) is 0.290. The lowest BCUT2D eigenvalue weighted by Crippen LogP contribution is -2.52. The molecule has 5 rings (SSSR count). The van der Waals surface area contributed by atoms with Gasteiger partial charge in [0, 0.05) is 37.3 Å². The quantitative estimate of drug-likeness (QED) is 0.281. The van der Waals surface area contributed by atoms with E-state index in [4.69, 9.17) is 18.6 Å². The normalized spacial score (nSPS) is 13.0. The highest BCUT2D eigenvalue weighted by Crippen LogP contribution is 2.31. The first kappa shape index (κ1) is 28.5. The Kier molecular flexibility index (Phi) is 8.86. The third kappa shape index (κ3) is 6.46. The van der Waals surface area contributed by atoms with Crippen LogP contribution in [-0.2, 0) is 11.3 Å². The van der Waals surface area contributed by atoms with Crippen molar-refractivity contribution in [1.29, 1.82) is 0 Å². The molecule has 0 saturated carbocycles. The lowest BCUT2D eigenvalue weighted by Gasteiger charge is -2.36.